The zero-order valence-electron chi connectivity index (χ0n) is 27.3. The van der Waals surface area contributed by atoms with E-state index in [9.17, 15) is 14.7 Å². The largest absolute Gasteiger partial charge is 0.478 e. The first kappa shape index (κ1) is 33.0. The molecule has 1 amide bonds. The number of nitrogens with zero attached hydrogens (tertiary/aromatic N) is 4. The lowest BCUT2D eigenvalue weighted by Crippen LogP contribution is -2.23. The van der Waals surface area contributed by atoms with Gasteiger partial charge in [0.25, 0.3) is 5.91 Å². The maximum Gasteiger partial charge on any atom is 0.336 e. The highest BCUT2D eigenvalue weighted by Crippen LogP contribution is 2.42. The van der Waals surface area contributed by atoms with Crippen LogP contribution in [0.2, 0.25) is 5.15 Å². The summed E-state index contributed by atoms with van der Waals surface area (Å²) < 4.78 is 14.0. The molecule has 4 aromatic rings. The third-order valence-corrected chi connectivity index (χ3v) is 8.25. The van der Waals surface area contributed by atoms with Gasteiger partial charge in [-0.25, -0.2) is 14.4 Å². The van der Waals surface area contributed by atoms with Gasteiger partial charge in [-0.1, -0.05) is 41.9 Å². The number of carbonyl (C=O) groups is 2. The fraction of sp³-hybridized carbons (Fsp3) is 0.162. The van der Waals surface area contributed by atoms with Gasteiger partial charge in [0.1, 0.15) is 37.2 Å². The molecule has 1 aliphatic carbocycles. The number of benzene rings is 4. The van der Waals surface area contributed by atoms with E-state index in [1.165, 1.54) is 12.1 Å². The number of carbonyl (C=O) groups excluding carboxylic acids is 1. The van der Waals surface area contributed by atoms with Crippen LogP contribution in [0.5, 0.6) is 5.88 Å². The number of aromatic carboxylic acids is 1. The van der Waals surface area contributed by atoms with Gasteiger partial charge in [-0.2, -0.15) is 4.98 Å². The molecule has 0 saturated carbocycles. The number of nitrogen functional groups attached to an aromatic ring is 1. The van der Waals surface area contributed by atoms with Crippen molar-refractivity contribution in [3.63, 3.8) is 0 Å². The van der Waals surface area contributed by atoms with Crippen molar-refractivity contribution in [1.29, 1.82) is 0 Å². The predicted molar refractivity (Wildman–Crippen MR) is 190 cm³/mol. The van der Waals surface area contributed by atoms with Crippen LogP contribution in [-0.4, -0.2) is 55.1 Å². The third kappa shape index (κ3) is 7.16. The Morgan fingerprint density at radius 3 is 2.37 bits per heavy atom. The molecule has 4 N–H and O–H groups in total. The molecule has 6 rings (SSSR count). The molecule has 1 aromatic heterocycles. The Morgan fingerprint density at radius 1 is 0.939 bits per heavy atom. The number of carboxylic acid groups (broad SMARTS) is 1. The number of hydrogen-bond donors (Lipinski definition) is 3. The van der Waals surface area contributed by atoms with E-state index in [4.69, 9.17) is 26.5 Å². The molecule has 3 aromatic carbocycles. The SMILES string of the molecule is CN(C)c1ccc2c(-c3ccc(C(=O)NCc4ccc(COc5cc(Cl)nc(N)n5)cc4)cc3C(=O)O)c3ccc(=[N+](C)C)cc-3oc2c1. The summed E-state index contributed by atoms with van der Waals surface area (Å²) in [5, 5.41) is 15.2. The summed E-state index contributed by atoms with van der Waals surface area (Å²) >= 11 is 5.90. The summed E-state index contributed by atoms with van der Waals surface area (Å²) in [6.07, 6.45) is 0. The smallest absolute Gasteiger partial charge is 0.336 e. The molecule has 2 heterocycles. The van der Waals surface area contributed by atoms with Gasteiger partial charge in [-0.05, 0) is 47.0 Å². The highest BCUT2D eigenvalue weighted by Gasteiger charge is 2.23. The summed E-state index contributed by atoms with van der Waals surface area (Å²) in [5.74, 6) is -0.645. The van der Waals surface area contributed by atoms with Crippen LogP contribution >= 0.6 is 11.6 Å². The highest BCUT2D eigenvalue weighted by molar-refractivity contribution is 6.29. The van der Waals surface area contributed by atoms with E-state index in [1.807, 2.05) is 98.3 Å². The summed E-state index contributed by atoms with van der Waals surface area (Å²) in [6, 6.07) is 25.4. The average molecular weight is 678 g/mol. The van der Waals surface area contributed by atoms with E-state index in [1.54, 1.807) is 12.1 Å². The zero-order valence-corrected chi connectivity index (χ0v) is 28.1. The number of nitrogens with two attached hydrogens (primary N) is 1. The van der Waals surface area contributed by atoms with Crippen LogP contribution in [0.3, 0.4) is 0 Å². The van der Waals surface area contributed by atoms with E-state index in [2.05, 4.69) is 15.3 Å². The molecule has 2 aliphatic rings. The van der Waals surface area contributed by atoms with Crippen molar-refractivity contribution in [2.24, 2.45) is 0 Å². The molecule has 0 spiro atoms. The lowest BCUT2D eigenvalue weighted by molar-refractivity contribution is 0.0697. The molecular weight excluding hydrogens is 644 g/mol. The molecule has 0 radical (unpaired) electrons. The van der Waals surface area contributed by atoms with Crippen molar-refractivity contribution in [1.82, 2.24) is 19.9 Å². The van der Waals surface area contributed by atoms with Gasteiger partial charge in [0.15, 0.2) is 0 Å². The highest BCUT2D eigenvalue weighted by atomic mass is 35.5. The van der Waals surface area contributed by atoms with Crippen LogP contribution in [0.4, 0.5) is 11.6 Å². The number of amides is 1. The van der Waals surface area contributed by atoms with Gasteiger partial charge in [0, 0.05) is 66.6 Å². The van der Waals surface area contributed by atoms with Crippen LogP contribution in [-0.2, 0) is 13.2 Å². The number of nitrogens with one attached hydrogen (secondary N) is 1. The fourth-order valence-electron chi connectivity index (χ4n) is 5.48. The lowest BCUT2D eigenvalue weighted by atomic mass is 9.89. The predicted octanol–water partition coefficient (Wildman–Crippen LogP) is 5.54. The van der Waals surface area contributed by atoms with Gasteiger partial charge in [0.05, 0.1) is 11.6 Å². The number of halogens is 1. The summed E-state index contributed by atoms with van der Waals surface area (Å²) in [7, 11) is 7.78. The van der Waals surface area contributed by atoms with E-state index in [0.717, 1.165) is 33.1 Å². The number of carboxylic acids is 1. The monoisotopic (exact) mass is 677 g/mol. The fourth-order valence-corrected chi connectivity index (χ4v) is 5.66. The molecule has 0 unspecified atom stereocenters. The van der Waals surface area contributed by atoms with E-state index >= 15 is 0 Å². The minimum atomic E-state index is -1.15. The Kier molecular flexibility index (Phi) is 9.19. The van der Waals surface area contributed by atoms with Crippen LogP contribution in [0.1, 0.15) is 31.8 Å². The van der Waals surface area contributed by atoms with Crippen LogP contribution in [0, 0.1) is 0 Å². The first-order valence-electron chi connectivity index (χ1n) is 15.3. The maximum absolute atomic E-state index is 13.3. The first-order chi connectivity index (χ1) is 23.5. The number of anilines is 2. The minimum absolute atomic E-state index is 0.00547. The first-order valence-corrected chi connectivity index (χ1v) is 15.7. The van der Waals surface area contributed by atoms with E-state index in [-0.39, 0.29) is 41.3 Å². The second kappa shape index (κ2) is 13.7. The Balaban J connectivity index is 1.27. The van der Waals surface area contributed by atoms with Crippen molar-refractivity contribution in [2.75, 3.05) is 38.8 Å². The van der Waals surface area contributed by atoms with Crippen molar-refractivity contribution >= 4 is 46.1 Å². The van der Waals surface area contributed by atoms with Crippen molar-refractivity contribution in [2.45, 2.75) is 13.2 Å². The number of hydrogen-bond acceptors (Lipinski definition) is 8. The lowest BCUT2D eigenvalue weighted by Gasteiger charge is -2.19. The Morgan fingerprint density at radius 2 is 1.67 bits per heavy atom. The number of ether oxygens (including phenoxy) is 1. The van der Waals surface area contributed by atoms with Gasteiger partial charge < -0.3 is 30.2 Å². The van der Waals surface area contributed by atoms with Gasteiger partial charge in [-0.15, -0.1) is 0 Å². The van der Waals surface area contributed by atoms with Crippen LogP contribution in [0.25, 0.3) is 33.4 Å². The summed E-state index contributed by atoms with van der Waals surface area (Å²) in [4.78, 5) is 35.8. The van der Waals surface area contributed by atoms with E-state index in [0.29, 0.717) is 22.5 Å². The van der Waals surface area contributed by atoms with Crippen LogP contribution < -0.4 is 30.6 Å². The number of fused-ring (bicyclic) bond motifs is 2. The van der Waals surface area contributed by atoms with Crippen molar-refractivity contribution < 1.29 is 23.8 Å². The topological polar surface area (TPSA) is 147 Å². The Hall–Kier alpha value is -5.94. The Bertz CT molecular complexity index is 2240. The molecule has 1 aliphatic heterocycles. The number of rotatable bonds is 9. The van der Waals surface area contributed by atoms with Gasteiger partial charge >= 0.3 is 5.97 Å². The maximum atomic E-state index is 13.3. The third-order valence-electron chi connectivity index (χ3n) is 8.05. The molecule has 0 bridgehead atoms. The average Bonchev–Trinajstić information content (AvgIpc) is 3.07. The molecule has 11 nitrogen and oxygen atoms in total. The zero-order chi connectivity index (χ0) is 34.8. The molecule has 0 atom stereocenters. The summed E-state index contributed by atoms with van der Waals surface area (Å²) in [6.45, 7) is 0.470. The van der Waals surface area contributed by atoms with Crippen molar-refractivity contribution in [3.05, 3.63) is 118 Å². The minimum Gasteiger partial charge on any atom is -0.478 e. The molecule has 0 fully saturated rings. The van der Waals surface area contributed by atoms with Crippen LogP contribution in [0.15, 0.2) is 89.3 Å². The standard InChI is InChI=1S/C37H33ClN6O5/c1-43(2)24-10-13-27-30(16-24)49-31-17-25(44(3)4)11-14-28(31)34(27)26-12-9-23(15-29(26)36(46)47)35(45)40-19-21-5-7-22(8-6-21)20-48-33-18-32(38)41-37(39)42-33/h5-18H,19-20H2,1-4H3,(H3-,39,40,41,42,45,46,47)/p+1. The molecule has 248 valence electrons. The Labute approximate surface area is 287 Å². The molecule has 49 heavy (non-hydrogen) atoms. The summed E-state index contributed by atoms with van der Waals surface area (Å²) in [5.41, 5.74) is 11.1. The molecule has 0 saturated heterocycles. The normalized spacial score (nSPS) is 11.0. The number of aromatic nitrogens is 2. The second-order valence-electron chi connectivity index (χ2n) is 11.9. The second-order valence-corrected chi connectivity index (χ2v) is 12.3. The quantitative estimate of drug-likeness (QED) is 0.102. The van der Waals surface area contributed by atoms with Gasteiger partial charge in [0.2, 0.25) is 17.2 Å². The van der Waals surface area contributed by atoms with E-state index < -0.39 is 11.9 Å². The van der Waals surface area contributed by atoms with Crippen molar-refractivity contribution in [3.8, 4) is 28.3 Å². The van der Waals surface area contributed by atoms with Gasteiger partial charge in [-0.3, -0.25) is 4.79 Å². The molecule has 12 heteroatoms. The molecular formula is C37H34ClN6O5+.